The quantitative estimate of drug-likeness (QED) is 0.558. The van der Waals surface area contributed by atoms with E-state index in [9.17, 15) is 0 Å². The first-order chi connectivity index (χ1) is 6.63. The molecule has 1 fully saturated rings. The largest absolute Gasteiger partial charge is 0.394 e. The average Bonchev–Trinajstić information content (AvgIpc) is 2.62. The second kappa shape index (κ2) is 5.66. The van der Waals surface area contributed by atoms with Gasteiger partial charge in [0.05, 0.1) is 12.7 Å². The number of rotatable bonds is 5. The molecule has 0 amide bonds. The van der Waals surface area contributed by atoms with E-state index in [2.05, 4.69) is 24.1 Å². The maximum Gasteiger partial charge on any atom is 0.0895 e. The first kappa shape index (κ1) is 11.9. The van der Waals surface area contributed by atoms with Gasteiger partial charge >= 0.3 is 0 Å². The van der Waals surface area contributed by atoms with E-state index in [0.717, 1.165) is 19.5 Å². The molecule has 4 heteroatoms. The van der Waals surface area contributed by atoms with Gasteiger partial charge in [-0.05, 0) is 26.8 Å². The third-order valence-electron chi connectivity index (χ3n) is 2.80. The molecule has 0 spiro atoms. The fraction of sp³-hybridized carbons (Fsp3) is 1.00. The summed E-state index contributed by atoms with van der Waals surface area (Å²) >= 11 is 0. The Morgan fingerprint density at radius 1 is 1.50 bits per heavy atom. The highest BCUT2D eigenvalue weighted by molar-refractivity contribution is 4.83. The molecule has 0 aliphatic carbocycles. The van der Waals surface area contributed by atoms with Crippen LogP contribution in [0.2, 0.25) is 0 Å². The molecule has 3 N–H and O–H groups in total. The number of nitrogens with zero attached hydrogens (tertiary/aromatic N) is 1. The minimum absolute atomic E-state index is 0.159. The lowest BCUT2D eigenvalue weighted by molar-refractivity contribution is 0.0919. The van der Waals surface area contributed by atoms with Gasteiger partial charge in [0, 0.05) is 25.2 Å². The summed E-state index contributed by atoms with van der Waals surface area (Å²) in [7, 11) is 0. The third kappa shape index (κ3) is 3.53. The van der Waals surface area contributed by atoms with Crippen molar-refractivity contribution in [2.45, 2.75) is 38.5 Å². The molecule has 0 aromatic heterocycles. The van der Waals surface area contributed by atoms with Crippen LogP contribution in [0.3, 0.4) is 0 Å². The maximum absolute atomic E-state index is 9.17. The summed E-state index contributed by atoms with van der Waals surface area (Å²) in [6.07, 6.45) is 0.513. The molecule has 1 aliphatic heterocycles. The van der Waals surface area contributed by atoms with E-state index in [1.165, 1.54) is 0 Å². The second-order valence-electron chi connectivity index (χ2n) is 4.32. The summed E-state index contributed by atoms with van der Waals surface area (Å²) in [6, 6.07) is 1.07. The molecule has 1 aliphatic rings. The molecule has 0 saturated carbocycles. The van der Waals surface area contributed by atoms with E-state index in [-0.39, 0.29) is 6.61 Å². The molecule has 2 unspecified atom stereocenters. The van der Waals surface area contributed by atoms with Crippen molar-refractivity contribution in [1.29, 1.82) is 0 Å². The van der Waals surface area contributed by atoms with E-state index >= 15 is 0 Å². The number of nitrogens with one attached hydrogen (secondary N) is 1. The maximum atomic E-state index is 9.17. The third-order valence-corrected chi connectivity index (χ3v) is 2.80. The summed E-state index contributed by atoms with van der Waals surface area (Å²) in [4.78, 5) is 2.42. The topological polar surface area (TPSA) is 55.7 Å². The zero-order valence-corrected chi connectivity index (χ0v) is 9.11. The Hall–Kier alpha value is -0.160. The van der Waals surface area contributed by atoms with Crippen molar-refractivity contribution >= 4 is 0 Å². The summed E-state index contributed by atoms with van der Waals surface area (Å²) in [5.41, 5.74) is 0. The predicted molar refractivity (Wildman–Crippen MR) is 56.2 cm³/mol. The minimum atomic E-state index is -0.622. The van der Waals surface area contributed by atoms with Crippen LogP contribution < -0.4 is 5.32 Å². The van der Waals surface area contributed by atoms with Crippen LogP contribution in [0.4, 0.5) is 0 Å². The highest BCUT2D eigenvalue weighted by Crippen LogP contribution is 2.11. The monoisotopic (exact) mass is 202 g/mol. The van der Waals surface area contributed by atoms with Crippen molar-refractivity contribution in [2.24, 2.45) is 0 Å². The predicted octanol–water partition coefficient (Wildman–Crippen LogP) is -0.588. The van der Waals surface area contributed by atoms with Gasteiger partial charge in [-0.15, -0.1) is 0 Å². The Labute approximate surface area is 85.9 Å². The van der Waals surface area contributed by atoms with Gasteiger partial charge in [0.1, 0.15) is 0 Å². The Morgan fingerprint density at radius 3 is 2.71 bits per heavy atom. The summed E-state index contributed by atoms with van der Waals surface area (Å²) in [5.74, 6) is 0. The van der Waals surface area contributed by atoms with Gasteiger partial charge in [-0.1, -0.05) is 0 Å². The molecular weight excluding hydrogens is 180 g/mol. The molecule has 1 rings (SSSR count). The van der Waals surface area contributed by atoms with E-state index in [1.807, 2.05) is 0 Å². The van der Waals surface area contributed by atoms with Gasteiger partial charge < -0.3 is 15.5 Å². The first-order valence-electron chi connectivity index (χ1n) is 5.40. The highest BCUT2D eigenvalue weighted by atomic mass is 16.3. The number of hydrogen-bond donors (Lipinski definition) is 3. The first-order valence-corrected chi connectivity index (χ1v) is 5.40. The van der Waals surface area contributed by atoms with Gasteiger partial charge in [0.2, 0.25) is 0 Å². The van der Waals surface area contributed by atoms with Crippen LogP contribution in [-0.2, 0) is 0 Å². The molecule has 1 saturated heterocycles. The smallest absolute Gasteiger partial charge is 0.0895 e. The number of aliphatic hydroxyl groups is 2. The van der Waals surface area contributed by atoms with Crippen molar-refractivity contribution < 1.29 is 10.2 Å². The molecule has 14 heavy (non-hydrogen) atoms. The standard InChI is InChI=1S/C10H22N2O2/c1-8(2)12-4-3-9(6-12)11-5-10(14)7-13/h8-11,13-14H,3-7H2,1-2H3. The minimum Gasteiger partial charge on any atom is -0.394 e. The van der Waals surface area contributed by atoms with Gasteiger partial charge in [-0.3, -0.25) is 4.90 Å². The molecule has 0 aromatic rings. The summed E-state index contributed by atoms with van der Waals surface area (Å²) < 4.78 is 0. The normalized spacial score (nSPS) is 25.9. The lowest BCUT2D eigenvalue weighted by atomic mass is 10.2. The highest BCUT2D eigenvalue weighted by Gasteiger charge is 2.23. The lowest BCUT2D eigenvalue weighted by Crippen LogP contribution is -2.39. The number of likely N-dealkylation sites (tertiary alicyclic amines) is 1. The summed E-state index contributed by atoms with van der Waals surface area (Å²) in [6.45, 7) is 6.91. The molecule has 84 valence electrons. The van der Waals surface area contributed by atoms with Crippen molar-refractivity contribution in [3.05, 3.63) is 0 Å². The van der Waals surface area contributed by atoms with Crippen molar-refractivity contribution in [1.82, 2.24) is 10.2 Å². The van der Waals surface area contributed by atoms with Crippen LogP contribution in [0.5, 0.6) is 0 Å². The zero-order chi connectivity index (χ0) is 10.6. The number of aliphatic hydroxyl groups excluding tert-OH is 2. The molecule has 2 atom stereocenters. The van der Waals surface area contributed by atoms with Crippen molar-refractivity contribution in [3.8, 4) is 0 Å². The second-order valence-corrected chi connectivity index (χ2v) is 4.32. The van der Waals surface area contributed by atoms with Crippen molar-refractivity contribution in [2.75, 3.05) is 26.2 Å². The van der Waals surface area contributed by atoms with Crippen LogP contribution in [0.25, 0.3) is 0 Å². The fourth-order valence-electron chi connectivity index (χ4n) is 1.79. The van der Waals surface area contributed by atoms with Gasteiger partial charge in [-0.2, -0.15) is 0 Å². The Balaban J connectivity index is 2.16. The Morgan fingerprint density at radius 2 is 2.21 bits per heavy atom. The molecule has 0 radical (unpaired) electrons. The van der Waals surface area contributed by atoms with Crippen LogP contribution in [0, 0.1) is 0 Å². The molecule has 0 aromatic carbocycles. The Kier molecular flexibility index (Phi) is 4.81. The average molecular weight is 202 g/mol. The van der Waals surface area contributed by atoms with Crippen molar-refractivity contribution in [3.63, 3.8) is 0 Å². The fourth-order valence-corrected chi connectivity index (χ4v) is 1.79. The number of hydrogen-bond acceptors (Lipinski definition) is 4. The molecular formula is C10H22N2O2. The van der Waals surface area contributed by atoms with Gasteiger partial charge in [0.25, 0.3) is 0 Å². The van der Waals surface area contributed by atoms with E-state index in [0.29, 0.717) is 18.6 Å². The molecule has 1 heterocycles. The van der Waals surface area contributed by atoms with E-state index < -0.39 is 6.10 Å². The summed E-state index contributed by atoms with van der Waals surface area (Å²) in [5, 5.41) is 21.1. The van der Waals surface area contributed by atoms with Crippen LogP contribution in [-0.4, -0.2) is 59.5 Å². The molecule has 0 bridgehead atoms. The Bertz CT molecular complexity index is 164. The van der Waals surface area contributed by atoms with Crippen LogP contribution in [0.1, 0.15) is 20.3 Å². The lowest BCUT2D eigenvalue weighted by Gasteiger charge is -2.20. The molecule has 4 nitrogen and oxygen atoms in total. The van der Waals surface area contributed by atoms with E-state index in [4.69, 9.17) is 10.2 Å². The SMILES string of the molecule is CC(C)N1CCC(NCC(O)CO)C1. The van der Waals surface area contributed by atoms with E-state index in [1.54, 1.807) is 0 Å². The zero-order valence-electron chi connectivity index (χ0n) is 9.11. The van der Waals surface area contributed by atoms with Crippen LogP contribution >= 0.6 is 0 Å². The van der Waals surface area contributed by atoms with Gasteiger partial charge in [0.15, 0.2) is 0 Å². The van der Waals surface area contributed by atoms with Gasteiger partial charge in [-0.25, -0.2) is 0 Å². The van der Waals surface area contributed by atoms with Crippen LogP contribution in [0.15, 0.2) is 0 Å².